The van der Waals surface area contributed by atoms with Crippen molar-refractivity contribution in [2.45, 2.75) is 13.3 Å². The van der Waals surface area contributed by atoms with E-state index in [1.54, 1.807) is 25.1 Å². The smallest absolute Gasteiger partial charge is 0.254 e. The highest BCUT2D eigenvalue weighted by Crippen LogP contribution is 2.11. The lowest BCUT2D eigenvalue weighted by molar-refractivity contribution is -0.121. The van der Waals surface area contributed by atoms with E-state index in [0.29, 0.717) is 17.7 Å². The summed E-state index contributed by atoms with van der Waals surface area (Å²) in [6.45, 7) is 1.79. The quantitative estimate of drug-likeness (QED) is 0.853. The van der Waals surface area contributed by atoms with Crippen molar-refractivity contribution in [2.75, 3.05) is 6.54 Å². The van der Waals surface area contributed by atoms with E-state index < -0.39 is 11.8 Å². The Bertz CT molecular complexity index is 664. The minimum atomic E-state index is -0.568. The molecule has 6 heteroatoms. The maximum absolute atomic E-state index is 12.9. The third-order valence-electron chi connectivity index (χ3n) is 3.41. The molecule has 5 nitrogen and oxygen atoms in total. The van der Waals surface area contributed by atoms with Gasteiger partial charge in [-0.15, -0.1) is 0 Å². The van der Waals surface area contributed by atoms with E-state index in [9.17, 15) is 14.0 Å². The molecule has 2 amide bonds. The van der Waals surface area contributed by atoms with Crippen molar-refractivity contribution in [3.63, 3.8) is 0 Å². The summed E-state index contributed by atoms with van der Waals surface area (Å²) in [6, 6.07) is 7.38. The lowest BCUT2D eigenvalue weighted by atomic mass is 9.98. The first-order valence-corrected chi connectivity index (χ1v) is 6.83. The van der Waals surface area contributed by atoms with E-state index >= 15 is 0 Å². The van der Waals surface area contributed by atoms with Crippen molar-refractivity contribution in [2.24, 2.45) is 11.7 Å². The van der Waals surface area contributed by atoms with Crippen LogP contribution in [0.1, 0.15) is 21.7 Å². The highest BCUT2D eigenvalue weighted by Gasteiger charge is 2.19. The Morgan fingerprint density at radius 3 is 2.50 bits per heavy atom. The molecule has 0 fully saturated rings. The van der Waals surface area contributed by atoms with Crippen molar-refractivity contribution in [1.82, 2.24) is 5.32 Å². The first-order valence-electron chi connectivity index (χ1n) is 6.83. The van der Waals surface area contributed by atoms with Crippen LogP contribution in [-0.2, 0) is 11.2 Å². The van der Waals surface area contributed by atoms with E-state index in [1.165, 1.54) is 18.4 Å². The van der Waals surface area contributed by atoms with Crippen molar-refractivity contribution in [1.29, 1.82) is 0 Å². The number of primary amides is 1. The fourth-order valence-electron chi connectivity index (χ4n) is 2.11. The number of aryl methyl sites for hydroxylation is 1. The minimum absolute atomic E-state index is 0.107. The zero-order chi connectivity index (χ0) is 16.1. The second-order valence-electron chi connectivity index (χ2n) is 5.03. The molecule has 3 N–H and O–H groups in total. The number of amides is 2. The largest absolute Gasteiger partial charge is 0.469 e. The van der Waals surface area contributed by atoms with Gasteiger partial charge in [-0.25, -0.2) is 4.39 Å². The Kier molecular flexibility index (Phi) is 4.93. The number of hydrogen-bond donors (Lipinski definition) is 2. The molecule has 2 aromatic rings. The van der Waals surface area contributed by atoms with Gasteiger partial charge in [0.25, 0.3) is 5.91 Å². The molecule has 2 rings (SSSR count). The summed E-state index contributed by atoms with van der Waals surface area (Å²) < 4.78 is 17.9. The Morgan fingerprint density at radius 2 is 1.95 bits per heavy atom. The highest BCUT2D eigenvalue weighted by atomic mass is 19.1. The maximum atomic E-state index is 12.9. The number of halogens is 1. The average Bonchev–Trinajstić information content (AvgIpc) is 2.91. The molecule has 0 aliphatic carbocycles. The first kappa shape index (κ1) is 15.8. The van der Waals surface area contributed by atoms with Gasteiger partial charge < -0.3 is 15.5 Å². The summed E-state index contributed by atoms with van der Waals surface area (Å²) in [4.78, 5) is 23.5. The molecule has 0 aliphatic rings. The summed E-state index contributed by atoms with van der Waals surface area (Å²) in [7, 11) is 0. The number of nitrogens with two attached hydrogens (primary N) is 1. The van der Waals surface area contributed by atoms with E-state index in [2.05, 4.69) is 5.32 Å². The zero-order valence-corrected chi connectivity index (χ0v) is 12.1. The fourth-order valence-corrected chi connectivity index (χ4v) is 2.11. The number of carbonyl (C=O) groups excluding carboxylic acids is 2. The van der Waals surface area contributed by atoms with Gasteiger partial charge in [-0.3, -0.25) is 9.59 Å². The number of benzene rings is 1. The predicted octanol–water partition coefficient (Wildman–Crippen LogP) is 1.80. The monoisotopic (exact) mass is 304 g/mol. The van der Waals surface area contributed by atoms with E-state index in [4.69, 9.17) is 10.2 Å². The van der Waals surface area contributed by atoms with Gasteiger partial charge in [-0.05, 0) is 37.1 Å². The van der Waals surface area contributed by atoms with Crippen LogP contribution in [0.3, 0.4) is 0 Å². The molecule has 0 spiro atoms. The van der Waals surface area contributed by atoms with Crippen molar-refractivity contribution < 1.29 is 18.4 Å². The van der Waals surface area contributed by atoms with Gasteiger partial charge in [0.05, 0.1) is 17.7 Å². The molecule has 0 saturated carbocycles. The van der Waals surface area contributed by atoms with Gasteiger partial charge in [-0.1, -0.05) is 12.1 Å². The van der Waals surface area contributed by atoms with E-state index in [1.807, 2.05) is 0 Å². The molecule has 1 aromatic heterocycles. The number of hydrogen-bond acceptors (Lipinski definition) is 3. The number of carbonyl (C=O) groups is 2. The molecular weight excluding hydrogens is 287 g/mol. The van der Waals surface area contributed by atoms with Crippen molar-refractivity contribution in [3.05, 3.63) is 59.3 Å². The minimum Gasteiger partial charge on any atom is -0.469 e. The summed E-state index contributed by atoms with van der Waals surface area (Å²) in [6.07, 6.45) is 1.76. The summed E-state index contributed by atoms with van der Waals surface area (Å²) in [5, 5.41) is 2.67. The standard InChI is InChI=1S/C16H17FN2O3/c1-10-14(6-7-22-10)16(21)19-9-12(15(18)20)8-11-2-4-13(17)5-3-11/h2-7,12H,8-9H2,1H3,(H2,18,20)(H,19,21)/t12-/m0/s1. The van der Waals surface area contributed by atoms with Gasteiger partial charge >= 0.3 is 0 Å². The Morgan fingerprint density at radius 1 is 1.27 bits per heavy atom. The Balaban J connectivity index is 1.97. The first-order chi connectivity index (χ1) is 10.5. The predicted molar refractivity (Wildman–Crippen MR) is 78.6 cm³/mol. The van der Waals surface area contributed by atoms with E-state index in [-0.39, 0.29) is 18.3 Å². The Labute approximate surface area is 127 Å². The molecule has 0 radical (unpaired) electrons. The van der Waals surface area contributed by atoms with Crippen LogP contribution in [0, 0.1) is 18.7 Å². The van der Waals surface area contributed by atoms with Crippen LogP contribution in [-0.4, -0.2) is 18.4 Å². The second kappa shape index (κ2) is 6.89. The van der Waals surface area contributed by atoms with Crippen LogP contribution in [0.15, 0.2) is 41.0 Å². The summed E-state index contributed by atoms with van der Waals surface area (Å²) in [5.41, 5.74) is 6.56. The third kappa shape index (κ3) is 3.94. The molecule has 1 aromatic carbocycles. The average molecular weight is 304 g/mol. The van der Waals surface area contributed by atoms with Crippen molar-refractivity contribution in [3.8, 4) is 0 Å². The van der Waals surface area contributed by atoms with Crippen LogP contribution in [0.2, 0.25) is 0 Å². The van der Waals surface area contributed by atoms with Crippen LogP contribution in [0.4, 0.5) is 4.39 Å². The molecule has 1 atom stereocenters. The van der Waals surface area contributed by atoms with Crippen LogP contribution in [0.5, 0.6) is 0 Å². The molecule has 22 heavy (non-hydrogen) atoms. The summed E-state index contributed by atoms with van der Waals surface area (Å²) >= 11 is 0. The SMILES string of the molecule is Cc1occc1C(=O)NC[C@H](Cc1ccc(F)cc1)C(N)=O. The molecule has 0 saturated heterocycles. The van der Waals surface area contributed by atoms with Gasteiger partial charge in [0, 0.05) is 6.54 Å². The number of furan rings is 1. The third-order valence-corrected chi connectivity index (χ3v) is 3.41. The topological polar surface area (TPSA) is 85.3 Å². The highest BCUT2D eigenvalue weighted by molar-refractivity contribution is 5.95. The van der Waals surface area contributed by atoms with Gasteiger partial charge in [0.15, 0.2) is 0 Å². The molecular formula is C16H17FN2O3. The molecule has 0 aliphatic heterocycles. The summed E-state index contributed by atoms with van der Waals surface area (Å²) in [5.74, 6) is -1.25. The second-order valence-corrected chi connectivity index (χ2v) is 5.03. The van der Waals surface area contributed by atoms with Crippen molar-refractivity contribution >= 4 is 11.8 Å². The van der Waals surface area contributed by atoms with Crippen LogP contribution in [0.25, 0.3) is 0 Å². The van der Waals surface area contributed by atoms with E-state index in [0.717, 1.165) is 5.56 Å². The Hall–Kier alpha value is -2.63. The maximum Gasteiger partial charge on any atom is 0.254 e. The molecule has 0 bridgehead atoms. The lowest BCUT2D eigenvalue weighted by Gasteiger charge is -2.14. The molecule has 116 valence electrons. The number of rotatable bonds is 6. The normalized spacial score (nSPS) is 11.9. The lowest BCUT2D eigenvalue weighted by Crippen LogP contribution is -2.37. The van der Waals surface area contributed by atoms with Crippen LogP contribution < -0.4 is 11.1 Å². The molecule has 0 unspecified atom stereocenters. The zero-order valence-electron chi connectivity index (χ0n) is 12.1. The number of nitrogens with one attached hydrogen (secondary N) is 1. The molecule has 1 heterocycles. The van der Waals surface area contributed by atoms with Gasteiger partial charge in [0.2, 0.25) is 5.91 Å². The fraction of sp³-hybridized carbons (Fsp3) is 0.250. The van der Waals surface area contributed by atoms with Gasteiger partial charge in [-0.2, -0.15) is 0 Å². The van der Waals surface area contributed by atoms with Gasteiger partial charge in [0.1, 0.15) is 11.6 Å². The van der Waals surface area contributed by atoms with Crippen LogP contribution >= 0.6 is 0 Å².